The molecule has 0 atom stereocenters. The number of furan rings is 2. The van der Waals surface area contributed by atoms with Gasteiger partial charge in [-0.2, -0.15) is 0 Å². The zero-order valence-corrected chi connectivity index (χ0v) is 32.6. The fourth-order valence-electron chi connectivity index (χ4n) is 10.4. The molecule has 10 aromatic carbocycles. The number of rotatable bonds is 3. The Morgan fingerprint density at radius 1 is 0.322 bits per heavy atom. The lowest BCUT2D eigenvalue weighted by atomic mass is 9.80. The maximum atomic E-state index is 6.51. The molecule has 12 aromatic rings. The van der Waals surface area contributed by atoms with Gasteiger partial charge in [-0.25, -0.2) is 0 Å². The van der Waals surface area contributed by atoms with E-state index in [-0.39, 0.29) is 5.41 Å². The summed E-state index contributed by atoms with van der Waals surface area (Å²) >= 11 is 0. The highest BCUT2D eigenvalue weighted by Crippen LogP contribution is 2.51. The van der Waals surface area contributed by atoms with E-state index in [0.29, 0.717) is 0 Å². The van der Waals surface area contributed by atoms with Crippen LogP contribution in [0.15, 0.2) is 191 Å². The van der Waals surface area contributed by atoms with Gasteiger partial charge in [-0.05, 0) is 130 Å². The monoisotopic (exact) mass is 752 g/mol. The van der Waals surface area contributed by atoms with Gasteiger partial charge < -0.3 is 8.83 Å². The Labute approximate surface area is 340 Å². The van der Waals surface area contributed by atoms with Crippen LogP contribution in [0.2, 0.25) is 0 Å². The van der Waals surface area contributed by atoms with Gasteiger partial charge in [0.25, 0.3) is 0 Å². The van der Waals surface area contributed by atoms with Crippen LogP contribution in [0.5, 0.6) is 0 Å². The third-order valence-corrected chi connectivity index (χ3v) is 13.3. The number of para-hydroxylation sites is 1. The van der Waals surface area contributed by atoms with E-state index in [4.69, 9.17) is 8.83 Å². The van der Waals surface area contributed by atoms with Crippen molar-refractivity contribution in [3.05, 3.63) is 193 Å². The molecular weight excluding hydrogens is 717 g/mol. The third-order valence-electron chi connectivity index (χ3n) is 13.3. The van der Waals surface area contributed by atoms with Crippen LogP contribution in [0.1, 0.15) is 25.0 Å². The van der Waals surface area contributed by atoms with Gasteiger partial charge in [0.1, 0.15) is 11.2 Å². The SMILES string of the molecule is CC1(C)c2ccccc2-c2ccc(-c3c4ccccc4c(-c4ccc(-c5ccc6cc7oc8c(ccc9c%10ccccc%10oc98)c7cc6c5)cc4)c4ccccc34)cc21. The topological polar surface area (TPSA) is 26.3 Å². The van der Waals surface area contributed by atoms with Crippen LogP contribution >= 0.6 is 0 Å². The summed E-state index contributed by atoms with van der Waals surface area (Å²) in [7, 11) is 0. The lowest BCUT2D eigenvalue weighted by molar-refractivity contribution is 0.633. The van der Waals surface area contributed by atoms with Crippen LogP contribution < -0.4 is 0 Å². The fourth-order valence-corrected chi connectivity index (χ4v) is 10.4. The van der Waals surface area contributed by atoms with Gasteiger partial charge in [0.2, 0.25) is 0 Å². The molecule has 0 radical (unpaired) electrons. The molecule has 2 aromatic heterocycles. The quantitative estimate of drug-likeness (QED) is 0.168. The molecule has 0 fully saturated rings. The van der Waals surface area contributed by atoms with Crippen molar-refractivity contribution in [1.82, 2.24) is 0 Å². The Morgan fingerprint density at radius 2 is 0.864 bits per heavy atom. The van der Waals surface area contributed by atoms with E-state index >= 15 is 0 Å². The summed E-state index contributed by atoms with van der Waals surface area (Å²) < 4.78 is 12.8. The summed E-state index contributed by atoms with van der Waals surface area (Å²) in [5, 5.41) is 11.7. The first-order valence-electron chi connectivity index (χ1n) is 20.5. The molecule has 0 aliphatic heterocycles. The molecule has 0 N–H and O–H groups in total. The minimum atomic E-state index is -0.0661. The standard InChI is InChI=1S/C57H36O2/c1-57(2)49-17-9-7-11-39(49)40-26-25-37(31-50(40)57)54-44-15-5-3-13-42(44)53(43-14-4-6-16-45(43)54)34-21-19-33(20-22-34)35-23-24-36-32-52-48(30-38(36)29-35)47-28-27-46-41-12-8-10-18-51(41)58-55(46)56(47)59-52/h3-32H,1-2H3. The second kappa shape index (κ2) is 11.8. The number of hydrogen-bond acceptors (Lipinski definition) is 2. The van der Waals surface area contributed by atoms with Crippen molar-refractivity contribution in [1.29, 1.82) is 0 Å². The Morgan fingerprint density at radius 3 is 1.59 bits per heavy atom. The summed E-state index contributed by atoms with van der Waals surface area (Å²) in [6, 6.07) is 66.8. The predicted molar refractivity (Wildman–Crippen MR) is 247 cm³/mol. The van der Waals surface area contributed by atoms with Crippen LogP contribution in [0.4, 0.5) is 0 Å². The minimum absolute atomic E-state index is 0.0661. The van der Waals surface area contributed by atoms with E-state index in [1.165, 1.54) is 82.6 Å². The summed E-state index contributed by atoms with van der Waals surface area (Å²) in [6.07, 6.45) is 0. The Kier molecular flexibility index (Phi) is 6.54. The van der Waals surface area contributed by atoms with E-state index in [2.05, 4.69) is 184 Å². The lowest BCUT2D eigenvalue weighted by Crippen LogP contribution is -2.14. The van der Waals surface area contributed by atoms with E-state index in [1.807, 2.05) is 12.1 Å². The second-order valence-electron chi connectivity index (χ2n) is 16.8. The molecular formula is C57H36O2. The van der Waals surface area contributed by atoms with Crippen LogP contribution in [0, 0.1) is 0 Å². The van der Waals surface area contributed by atoms with Crippen molar-refractivity contribution in [3.8, 4) is 44.5 Å². The molecule has 2 nitrogen and oxygen atoms in total. The molecule has 1 aliphatic rings. The lowest BCUT2D eigenvalue weighted by Gasteiger charge is -2.23. The van der Waals surface area contributed by atoms with Crippen molar-refractivity contribution in [2.24, 2.45) is 0 Å². The molecule has 0 saturated carbocycles. The molecule has 59 heavy (non-hydrogen) atoms. The van der Waals surface area contributed by atoms with Gasteiger partial charge >= 0.3 is 0 Å². The fraction of sp³-hybridized carbons (Fsp3) is 0.0526. The first-order chi connectivity index (χ1) is 29.0. The Hall–Kier alpha value is -7.42. The molecule has 2 heteroatoms. The van der Waals surface area contributed by atoms with Crippen molar-refractivity contribution in [2.75, 3.05) is 0 Å². The number of fused-ring (bicyclic) bond motifs is 13. The zero-order chi connectivity index (χ0) is 39.0. The van der Waals surface area contributed by atoms with Crippen molar-refractivity contribution in [3.63, 3.8) is 0 Å². The summed E-state index contributed by atoms with van der Waals surface area (Å²) in [6.45, 7) is 4.73. The van der Waals surface area contributed by atoms with Crippen molar-refractivity contribution < 1.29 is 8.83 Å². The third kappa shape index (κ3) is 4.57. The number of hydrogen-bond donors (Lipinski definition) is 0. The molecule has 0 bridgehead atoms. The van der Waals surface area contributed by atoms with E-state index in [0.717, 1.165) is 49.3 Å². The molecule has 276 valence electrons. The molecule has 1 aliphatic carbocycles. The van der Waals surface area contributed by atoms with Crippen molar-refractivity contribution >= 4 is 76.2 Å². The summed E-state index contributed by atoms with van der Waals surface area (Å²) in [5.41, 5.74) is 16.2. The van der Waals surface area contributed by atoms with E-state index < -0.39 is 0 Å². The molecule has 2 heterocycles. The maximum absolute atomic E-state index is 6.51. The normalized spacial score (nSPS) is 13.4. The first-order valence-corrected chi connectivity index (χ1v) is 20.5. The van der Waals surface area contributed by atoms with Gasteiger partial charge in [0.15, 0.2) is 11.2 Å². The highest BCUT2D eigenvalue weighted by molar-refractivity contribution is 6.22. The molecule has 0 spiro atoms. The zero-order valence-electron chi connectivity index (χ0n) is 32.6. The van der Waals surface area contributed by atoms with Gasteiger partial charge in [-0.1, -0.05) is 153 Å². The van der Waals surface area contributed by atoms with E-state index in [9.17, 15) is 0 Å². The molecule has 0 saturated heterocycles. The summed E-state index contributed by atoms with van der Waals surface area (Å²) in [5.74, 6) is 0. The van der Waals surface area contributed by atoms with Crippen molar-refractivity contribution in [2.45, 2.75) is 19.3 Å². The Bertz CT molecular complexity index is 3690. The highest BCUT2D eigenvalue weighted by atomic mass is 16.4. The van der Waals surface area contributed by atoms with E-state index in [1.54, 1.807) is 0 Å². The molecule has 0 unspecified atom stereocenters. The van der Waals surface area contributed by atoms with Crippen LogP contribution in [-0.2, 0) is 5.41 Å². The predicted octanol–water partition coefficient (Wildman–Crippen LogP) is 16.3. The van der Waals surface area contributed by atoms with Crippen LogP contribution in [0.25, 0.3) is 121 Å². The minimum Gasteiger partial charge on any atom is -0.452 e. The maximum Gasteiger partial charge on any atom is 0.178 e. The number of benzene rings is 10. The van der Waals surface area contributed by atoms with Gasteiger partial charge in [-0.3, -0.25) is 0 Å². The molecule has 0 amide bonds. The van der Waals surface area contributed by atoms with Crippen LogP contribution in [0.3, 0.4) is 0 Å². The summed E-state index contributed by atoms with van der Waals surface area (Å²) in [4.78, 5) is 0. The molecule has 13 rings (SSSR count). The Balaban J connectivity index is 0.918. The largest absolute Gasteiger partial charge is 0.452 e. The van der Waals surface area contributed by atoms with Gasteiger partial charge in [0, 0.05) is 27.0 Å². The smallest absolute Gasteiger partial charge is 0.178 e. The average Bonchev–Trinajstić information content (AvgIpc) is 3.92. The highest BCUT2D eigenvalue weighted by Gasteiger charge is 2.35. The van der Waals surface area contributed by atoms with Crippen LogP contribution in [-0.4, -0.2) is 0 Å². The van der Waals surface area contributed by atoms with Gasteiger partial charge in [-0.15, -0.1) is 0 Å². The second-order valence-corrected chi connectivity index (χ2v) is 16.8. The first kappa shape index (κ1) is 32.6. The average molecular weight is 753 g/mol. The van der Waals surface area contributed by atoms with Gasteiger partial charge in [0.05, 0.1) is 0 Å².